The fourth-order valence-corrected chi connectivity index (χ4v) is 5.18. The van der Waals surface area contributed by atoms with Gasteiger partial charge in [0.15, 0.2) is 17.2 Å². The van der Waals surface area contributed by atoms with Gasteiger partial charge in [-0.05, 0) is 70.4 Å². The van der Waals surface area contributed by atoms with Crippen molar-refractivity contribution in [2.45, 2.75) is 52.2 Å². The molecule has 0 radical (unpaired) electrons. The summed E-state index contributed by atoms with van der Waals surface area (Å²) >= 11 is 0. The molecule has 0 spiro atoms. The molecule has 1 aromatic heterocycles. The molecule has 2 aliphatic rings. The lowest BCUT2D eigenvalue weighted by molar-refractivity contribution is -0.0373. The highest BCUT2D eigenvalue weighted by Crippen LogP contribution is 2.40. The number of aromatic nitrogens is 2. The van der Waals surface area contributed by atoms with Gasteiger partial charge in [-0.2, -0.15) is 5.26 Å². The Morgan fingerprint density at radius 2 is 2.00 bits per heavy atom. The van der Waals surface area contributed by atoms with Crippen molar-refractivity contribution in [3.63, 3.8) is 0 Å². The third kappa shape index (κ3) is 4.39. The zero-order valence-electron chi connectivity index (χ0n) is 22.3. The second kappa shape index (κ2) is 9.76. The van der Waals surface area contributed by atoms with Gasteiger partial charge in [-0.1, -0.05) is 0 Å². The number of hydrogen-bond acceptors (Lipinski definition) is 6. The van der Waals surface area contributed by atoms with Gasteiger partial charge in [-0.3, -0.25) is 9.36 Å². The molecule has 3 heterocycles. The summed E-state index contributed by atoms with van der Waals surface area (Å²) < 4.78 is 33.5. The number of ether oxygens (including phenoxy) is 3. The first-order chi connectivity index (χ1) is 18.1. The molecule has 0 bridgehead atoms. The van der Waals surface area contributed by atoms with E-state index in [1.54, 1.807) is 13.2 Å². The lowest BCUT2D eigenvalue weighted by Gasteiger charge is -2.41. The number of halogens is 1. The Morgan fingerprint density at radius 1 is 1.21 bits per heavy atom. The predicted octanol–water partition coefficient (Wildman–Crippen LogP) is 4.70. The summed E-state index contributed by atoms with van der Waals surface area (Å²) in [5.41, 5.74) is 2.91. The fraction of sp³-hybridized carbons (Fsp3) is 0.414. The number of amides is 1. The van der Waals surface area contributed by atoms with Crippen molar-refractivity contribution < 1.29 is 23.4 Å². The molecule has 9 heteroatoms. The number of methoxy groups -OCH3 is 1. The molecule has 2 aliphatic heterocycles. The van der Waals surface area contributed by atoms with Crippen molar-refractivity contribution >= 4 is 5.91 Å². The van der Waals surface area contributed by atoms with Crippen LogP contribution in [-0.2, 0) is 17.6 Å². The van der Waals surface area contributed by atoms with Gasteiger partial charge in [-0.15, -0.1) is 0 Å². The topological polar surface area (TPSA) is 89.6 Å². The van der Waals surface area contributed by atoms with Gasteiger partial charge in [0.1, 0.15) is 17.7 Å². The number of nitriles is 1. The summed E-state index contributed by atoms with van der Waals surface area (Å²) in [7, 11) is 1.61. The van der Waals surface area contributed by atoms with Crippen LogP contribution in [0.4, 0.5) is 4.39 Å². The maximum absolute atomic E-state index is 14.2. The molecular formula is C29H31FN4O4. The number of carbonyl (C=O) groups is 1. The van der Waals surface area contributed by atoms with Crippen molar-refractivity contribution in [1.29, 1.82) is 5.26 Å². The van der Waals surface area contributed by atoms with E-state index in [1.165, 1.54) is 12.1 Å². The first kappa shape index (κ1) is 25.7. The monoisotopic (exact) mass is 518 g/mol. The summed E-state index contributed by atoms with van der Waals surface area (Å²) in [5, 5.41) is 9.46. The van der Waals surface area contributed by atoms with Gasteiger partial charge in [0.25, 0.3) is 5.91 Å². The summed E-state index contributed by atoms with van der Waals surface area (Å²) in [5.74, 6) is 0.889. The first-order valence-corrected chi connectivity index (χ1v) is 12.7. The Bertz CT molecular complexity index is 1450. The second-order valence-corrected chi connectivity index (χ2v) is 10.5. The van der Waals surface area contributed by atoms with E-state index in [4.69, 9.17) is 19.2 Å². The molecule has 3 aromatic rings. The summed E-state index contributed by atoms with van der Waals surface area (Å²) in [6, 6.07) is 10.1. The quantitative estimate of drug-likeness (QED) is 0.487. The number of benzene rings is 2. The number of fused-ring (bicyclic) bond motifs is 3. The standard InChI is InChI=1S/C29H31FN4O4/c1-17(2)38-25-14-23-18(13-24(25)36-5)7-9-22-26(28(35)33-10-11-37-16-29(33,3)4)32-27(34(22)23)19-6-8-21(30)20(12-19)15-31/h6,8,12-14,17H,7,9-11,16H2,1-5H3. The lowest BCUT2D eigenvalue weighted by atomic mass is 9.98. The van der Waals surface area contributed by atoms with E-state index in [9.17, 15) is 14.4 Å². The van der Waals surface area contributed by atoms with E-state index in [1.807, 2.05) is 55.4 Å². The van der Waals surface area contributed by atoms with Gasteiger partial charge in [0.05, 0.1) is 48.9 Å². The largest absolute Gasteiger partial charge is 0.493 e. The van der Waals surface area contributed by atoms with Gasteiger partial charge >= 0.3 is 0 Å². The normalized spacial score (nSPS) is 16.0. The van der Waals surface area contributed by atoms with Gasteiger partial charge in [-0.25, -0.2) is 9.37 Å². The second-order valence-electron chi connectivity index (χ2n) is 10.5. The van der Waals surface area contributed by atoms with Gasteiger partial charge < -0.3 is 19.1 Å². The molecule has 198 valence electrons. The van der Waals surface area contributed by atoms with E-state index < -0.39 is 11.4 Å². The maximum Gasteiger partial charge on any atom is 0.274 e. The Hall–Kier alpha value is -3.90. The summed E-state index contributed by atoms with van der Waals surface area (Å²) in [4.78, 5) is 20.6. The van der Waals surface area contributed by atoms with Gasteiger partial charge in [0.2, 0.25) is 0 Å². The Kier molecular flexibility index (Phi) is 6.61. The third-order valence-corrected chi connectivity index (χ3v) is 7.01. The highest BCUT2D eigenvalue weighted by molar-refractivity contribution is 5.95. The number of rotatable bonds is 5. The zero-order chi connectivity index (χ0) is 27.2. The first-order valence-electron chi connectivity index (χ1n) is 12.7. The van der Waals surface area contributed by atoms with Crippen LogP contribution in [0, 0.1) is 17.1 Å². The van der Waals surface area contributed by atoms with Crippen LogP contribution in [0.25, 0.3) is 17.1 Å². The minimum atomic E-state index is -0.606. The SMILES string of the molecule is COc1cc2c(cc1OC(C)C)-n1c(-c3ccc(F)c(C#N)c3)nc(C(=O)N3CCOCC3(C)C)c1CC2. The van der Waals surface area contributed by atoms with Crippen LogP contribution in [0.2, 0.25) is 0 Å². The molecule has 8 nitrogen and oxygen atoms in total. The molecule has 0 atom stereocenters. The van der Waals surface area contributed by atoms with E-state index in [0.29, 0.717) is 61.2 Å². The number of morpholine rings is 1. The van der Waals surface area contributed by atoms with Crippen molar-refractivity contribution in [2.24, 2.45) is 0 Å². The lowest BCUT2D eigenvalue weighted by Crippen LogP contribution is -2.55. The van der Waals surface area contributed by atoms with Crippen LogP contribution < -0.4 is 9.47 Å². The summed E-state index contributed by atoms with van der Waals surface area (Å²) in [6.07, 6.45) is 1.17. The van der Waals surface area contributed by atoms with E-state index in [0.717, 1.165) is 16.9 Å². The highest BCUT2D eigenvalue weighted by Gasteiger charge is 2.38. The van der Waals surface area contributed by atoms with Gasteiger partial charge in [0, 0.05) is 18.2 Å². The molecular weight excluding hydrogens is 487 g/mol. The number of nitrogens with zero attached hydrogens (tertiary/aromatic N) is 4. The Balaban J connectivity index is 1.74. The number of hydrogen-bond donors (Lipinski definition) is 0. The van der Waals surface area contributed by atoms with Crippen LogP contribution >= 0.6 is 0 Å². The molecule has 0 unspecified atom stereocenters. The predicted molar refractivity (Wildman–Crippen MR) is 139 cm³/mol. The molecule has 0 N–H and O–H groups in total. The molecule has 0 aliphatic carbocycles. The van der Waals surface area contributed by atoms with Crippen LogP contribution in [0.15, 0.2) is 30.3 Å². The minimum absolute atomic E-state index is 0.0803. The number of imidazole rings is 1. The average molecular weight is 519 g/mol. The Morgan fingerprint density at radius 3 is 2.68 bits per heavy atom. The molecule has 1 saturated heterocycles. The maximum atomic E-state index is 14.2. The van der Waals surface area contributed by atoms with Crippen LogP contribution in [0.3, 0.4) is 0 Å². The van der Waals surface area contributed by atoms with Crippen LogP contribution in [-0.4, -0.2) is 58.9 Å². The van der Waals surface area contributed by atoms with Crippen LogP contribution in [0.1, 0.15) is 55.0 Å². The zero-order valence-corrected chi connectivity index (χ0v) is 22.3. The van der Waals surface area contributed by atoms with Crippen LogP contribution in [0.5, 0.6) is 11.5 Å². The molecule has 5 rings (SSSR count). The third-order valence-electron chi connectivity index (χ3n) is 7.01. The Labute approximate surface area is 221 Å². The van der Waals surface area contributed by atoms with Crippen molar-refractivity contribution in [3.05, 3.63) is 58.7 Å². The van der Waals surface area contributed by atoms with Crippen molar-refractivity contribution in [2.75, 3.05) is 26.9 Å². The molecule has 2 aromatic carbocycles. The molecule has 1 amide bonds. The van der Waals surface area contributed by atoms with E-state index >= 15 is 0 Å². The molecule has 38 heavy (non-hydrogen) atoms. The van der Waals surface area contributed by atoms with E-state index in [-0.39, 0.29) is 17.6 Å². The average Bonchev–Trinajstić information content (AvgIpc) is 3.28. The summed E-state index contributed by atoms with van der Waals surface area (Å²) in [6.45, 7) is 9.19. The van der Waals surface area contributed by atoms with Crippen molar-refractivity contribution in [1.82, 2.24) is 14.5 Å². The number of carbonyl (C=O) groups excluding carboxylic acids is 1. The number of aryl methyl sites for hydroxylation is 1. The highest BCUT2D eigenvalue weighted by atomic mass is 19.1. The molecule has 0 saturated carbocycles. The van der Waals surface area contributed by atoms with E-state index in [2.05, 4.69) is 0 Å². The minimum Gasteiger partial charge on any atom is -0.493 e. The molecule has 1 fully saturated rings. The fourth-order valence-electron chi connectivity index (χ4n) is 5.18. The van der Waals surface area contributed by atoms with Crippen molar-refractivity contribution in [3.8, 4) is 34.6 Å². The smallest absolute Gasteiger partial charge is 0.274 e.